The molecule has 3 N–H and O–H groups in total. The maximum Gasteiger partial charge on any atom is 0.251 e. The summed E-state index contributed by atoms with van der Waals surface area (Å²) >= 11 is 0. The highest BCUT2D eigenvalue weighted by molar-refractivity contribution is 7.92. The molecule has 1 amide bonds. The zero-order valence-corrected chi connectivity index (χ0v) is 14.4. The summed E-state index contributed by atoms with van der Waals surface area (Å²) in [5.41, 5.74) is 0.941. The van der Waals surface area contributed by atoms with Crippen molar-refractivity contribution < 1.29 is 17.9 Å². The fourth-order valence-corrected chi connectivity index (χ4v) is 2.99. The summed E-state index contributed by atoms with van der Waals surface area (Å²) in [4.78, 5) is 11.9. The average Bonchev–Trinajstić information content (AvgIpc) is 2.50. The van der Waals surface area contributed by atoms with Gasteiger partial charge in [0.1, 0.15) is 0 Å². The van der Waals surface area contributed by atoms with Crippen molar-refractivity contribution in [2.75, 3.05) is 43.8 Å². The van der Waals surface area contributed by atoms with E-state index in [1.54, 1.807) is 38.3 Å². The molecule has 23 heavy (non-hydrogen) atoms. The number of nitrogens with one attached hydrogen (secondary N) is 3. The van der Waals surface area contributed by atoms with Crippen LogP contribution < -0.4 is 15.4 Å². The van der Waals surface area contributed by atoms with Gasteiger partial charge >= 0.3 is 0 Å². The molecular weight excluding hydrogens is 318 g/mol. The number of hydrogen-bond acceptors (Lipinski definition) is 5. The molecular formula is C15H25N3O4S. The smallest absolute Gasteiger partial charge is 0.251 e. The second-order valence-corrected chi connectivity index (χ2v) is 6.84. The van der Waals surface area contributed by atoms with E-state index in [9.17, 15) is 13.2 Å². The Morgan fingerprint density at radius 3 is 2.43 bits per heavy atom. The minimum Gasteiger partial charge on any atom is -0.383 e. The Morgan fingerprint density at radius 1 is 1.13 bits per heavy atom. The monoisotopic (exact) mass is 343 g/mol. The first-order valence-electron chi connectivity index (χ1n) is 7.57. The largest absolute Gasteiger partial charge is 0.383 e. The summed E-state index contributed by atoms with van der Waals surface area (Å²) in [5.74, 6) is -0.118. The Labute approximate surface area is 137 Å². The standard InChI is InChI=1S/C15H25N3O4S/c1-3-12-23(20,21)18-14-6-4-13(5-7-14)15(19)17-9-8-16-10-11-22-2/h4-7,16,18H,3,8-12H2,1-2H3,(H,17,19). The van der Waals surface area contributed by atoms with Gasteiger partial charge in [-0.25, -0.2) is 8.42 Å². The molecule has 130 valence electrons. The predicted molar refractivity (Wildman–Crippen MR) is 91.2 cm³/mol. The first-order chi connectivity index (χ1) is 11.0. The molecule has 8 heteroatoms. The molecule has 0 spiro atoms. The summed E-state index contributed by atoms with van der Waals surface area (Å²) in [6, 6.07) is 6.35. The molecule has 0 bridgehead atoms. The van der Waals surface area contributed by atoms with E-state index >= 15 is 0 Å². The number of rotatable bonds is 11. The number of methoxy groups -OCH3 is 1. The molecule has 0 radical (unpaired) electrons. The Bertz CT molecular complexity index is 573. The lowest BCUT2D eigenvalue weighted by molar-refractivity contribution is 0.0953. The van der Waals surface area contributed by atoms with Gasteiger partial charge in [-0.3, -0.25) is 9.52 Å². The van der Waals surface area contributed by atoms with Crippen LogP contribution in [-0.4, -0.2) is 53.4 Å². The lowest BCUT2D eigenvalue weighted by atomic mass is 10.2. The van der Waals surface area contributed by atoms with Crippen LogP contribution in [0, 0.1) is 0 Å². The molecule has 0 unspecified atom stereocenters. The summed E-state index contributed by atoms with van der Waals surface area (Å²) < 4.78 is 30.7. The molecule has 0 saturated heterocycles. The number of benzene rings is 1. The van der Waals surface area contributed by atoms with Gasteiger partial charge in [0.15, 0.2) is 0 Å². The number of sulfonamides is 1. The predicted octanol–water partition coefficient (Wildman–Crippen LogP) is 0.804. The van der Waals surface area contributed by atoms with Crippen LogP contribution in [0.2, 0.25) is 0 Å². The van der Waals surface area contributed by atoms with Crippen LogP contribution in [0.15, 0.2) is 24.3 Å². The lowest BCUT2D eigenvalue weighted by Crippen LogP contribution is -2.33. The fraction of sp³-hybridized carbons (Fsp3) is 0.533. The molecule has 7 nitrogen and oxygen atoms in total. The molecule has 0 aliphatic rings. The summed E-state index contributed by atoms with van der Waals surface area (Å²) in [6.07, 6.45) is 0.550. The molecule has 0 aliphatic heterocycles. The molecule has 1 aromatic rings. The highest BCUT2D eigenvalue weighted by Gasteiger charge is 2.09. The van der Waals surface area contributed by atoms with E-state index in [0.717, 1.165) is 6.54 Å². The Kier molecular flexibility index (Phi) is 8.60. The van der Waals surface area contributed by atoms with Gasteiger partial charge in [0, 0.05) is 38.0 Å². The minimum absolute atomic E-state index is 0.0747. The van der Waals surface area contributed by atoms with Gasteiger partial charge in [0.25, 0.3) is 5.91 Å². The molecule has 0 atom stereocenters. The topological polar surface area (TPSA) is 96.5 Å². The van der Waals surface area contributed by atoms with Gasteiger partial charge in [0.2, 0.25) is 10.0 Å². The quantitative estimate of drug-likeness (QED) is 0.517. The zero-order valence-electron chi connectivity index (χ0n) is 13.6. The Hall–Kier alpha value is -1.64. The molecule has 0 fully saturated rings. The fourth-order valence-electron chi connectivity index (χ4n) is 1.85. The molecule has 0 saturated carbocycles. The maximum atomic E-state index is 11.9. The van der Waals surface area contributed by atoms with Crippen molar-refractivity contribution in [2.24, 2.45) is 0 Å². The van der Waals surface area contributed by atoms with Crippen molar-refractivity contribution in [3.63, 3.8) is 0 Å². The Morgan fingerprint density at radius 2 is 1.83 bits per heavy atom. The van der Waals surface area contributed by atoms with Crippen LogP contribution in [0.3, 0.4) is 0 Å². The normalized spacial score (nSPS) is 11.2. The highest BCUT2D eigenvalue weighted by Crippen LogP contribution is 2.11. The Balaban J connectivity index is 2.42. The van der Waals surface area contributed by atoms with Crippen LogP contribution >= 0.6 is 0 Å². The van der Waals surface area contributed by atoms with Crippen LogP contribution in [0.4, 0.5) is 5.69 Å². The minimum atomic E-state index is -3.31. The molecule has 1 rings (SSSR count). The van der Waals surface area contributed by atoms with Gasteiger partial charge < -0.3 is 15.4 Å². The number of carbonyl (C=O) groups excluding carboxylic acids is 1. The first-order valence-corrected chi connectivity index (χ1v) is 9.22. The molecule has 0 aliphatic carbocycles. The van der Waals surface area contributed by atoms with E-state index in [1.165, 1.54) is 0 Å². The van der Waals surface area contributed by atoms with E-state index in [4.69, 9.17) is 4.74 Å². The van der Waals surface area contributed by atoms with Gasteiger partial charge in [-0.05, 0) is 30.7 Å². The van der Waals surface area contributed by atoms with Crippen LogP contribution in [0.25, 0.3) is 0 Å². The SMILES string of the molecule is CCCS(=O)(=O)Nc1ccc(C(=O)NCCNCCOC)cc1. The van der Waals surface area contributed by atoms with Gasteiger partial charge in [-0.1, -0.05) is 6.92 Å². The zero-order chi connectivity index (χ0) is 17.1. The van der Waals surface area contributed by atoms with Crippen LogP contribution in [0.5, 0.6) is 0 Å². The lowest BCUT2D eigenvalue weighted by Gasteiger charge is -2.09. The third-order valence-electron chi connectivity index (χ3n) is 2.96. The maximum absolute atomic E-state index is 11.9. The van der Waals surface area contributed by atoms with Crippen molar-refractivity contribution in [1.29, 1.82) is 0 Å². The van der Waals surface area contributed by atoms with Gasteiger partial charge in [0.05, 0.1) is 12.4 Å². The highest BCUT2D eigenvalue weighted by atomic mass is 32.2. The second-order valence-electron chi connectivity index (χ2n) is 5.00. The van der Waals surface area contributed by atoms with Crippen LogP contribution in [-0.2, 0) is 14.8 Å². The summed E-state index contributed by atoms with van der Waals surface area (Å²) in [6.45, 7) is 4.33. The van der Waals surface area contributed by atoms with Gasteiger partial charge in [-0.2, -0.15) is 0 Å². The van der Waals surface area contributed by atoms with E-state index in [0.29, 0.717) is 37.4 Å². The number of hydrogen-bond donors (Lipinski definition) is 3. The van der Waals surface area contributed by atoms with Gasteiger partial charge in [-0.15, -0.1) is 0 Å². The van der Waals surface area contributed by atoms with Crippen molar-refractivity contribution in [2.45, 2.75) is 13.3 Å². The number of amides is 1. The van der Waals surface area contributed by atoms with Crippen LogP contribution in [0.1, 0.15) is 23.7 Å². The third kappa shape index (κ3) is 7.96. The van der Waals surface area contributed by atoms with Crippen molar-refractivity contribution in [3.05, 3.63) is 29.8 Å². The van der Waals surface area contributed by atoms with Crippen molar-refractivity contribution in [3.8, 4) is 0 Å². The average molecular weight is 343 g/mol. The van der Waals surface area contributed by atoms with Crippen molar-refractivity contribution in [1.82, 2.24) is 10.6 Å². The first kappa shape index (κ1) is 19.4. The van der Waals surface area contributed by atoms with E-state index < -0.39 is 10.0 Å². The van der Waals surface area contributed by atoms with E-state index in [-0.39, 0.29) is 11.7 Å². The van der Waals surface area contributed by atoms with Crippen molar-refractivity contribution >= 4 is 21.6 Å². The number of anilines is 1. The van der Waals surface area contributed by atoms with E-state index in [2.05, 4.69) is 15.4 Å². The van der Waals surface area contributed by atoms with E-state index in [1.807, 2.05) is 0 Å². The number of carbonyl (C=O) groups is 1. The third-order valence-corrected chi connectivity index (χ3v) is 4.46. The second kappa shape index (κ2) is 10.2. The molecule has 1 aromatic carbocycles. The molecule has 0 heterocycles. The summed E-state index contributed by atoms with van der Waals surface area (Å²) in [7, 11) is -1.68. The molecule has 0 aromatic heterocycles. The number of ether oxygens (including phenoxy) is 1. The summed E-state index contributed by atoms with van der Waals surface area (Å²) in [5, 5.41) is 5.91.